The van der Waals surface area contributed by atoms with E-state index >= 15 is 0 Å². The van der Waals surface area contributed by atoms with Gasteiger partial charge in [0.1, 0.15) is 0 Å². The van der Waals surface area contributed by atoms with Crippen molar-refractivity contribution >= 4 is 28.8 Å². The summed E-state index contributed by atoms with van der Waals surface area (Å²) in [6, 6.07) is 19.4. The van der Waals surface area contributed by atoms with Crippen LogP contribution in [-0.2, 0) is 19.0 Å². The first-order valence-corrected chi connectivity index (χ1v) is 12.6. The van der Waals surface area contributed by atoms with Crippen molar-refractivity contribution in [2.45, 2.75) is 53.6 Å². The smallest absolute Gasteiger partial charge is 0.166 e. The van der Waals surface area contributed by atoms with Crippen LogP contribution >= 0.6 is 23.2 Å². The summed E-state index contributed by atoms with van der Waals surface area (Å²) in [6.45, 7) is 14.7. The summed E-state index contributed by atoms with van der Waals surface area (Å²) >= 11 is 12.2. The molecule has 192 valence electrons. The Bertz CT molecular complexity index is 1190. The van der Waals surface area contributed by atoms with Crippen LogP contribution in [0.5, 0.6) is 0 Å². The van der Waals surface area contributed by atoms with Crippen molar-refractivity contribution in [1.29, 1.82) is 0 Å². The highest BCUT2D eigenvalue weighted by atomic mass is 35.5. The predicted molar refractivity (Wildman–Crippen MR) is 149 cm³/mol. The van der Waals surface area contributed by atoms with E-state index in [1.807, 2.05) is 31.2 Å². The van der Waals surface area contributed by atoms with Crippen LogP contribution in [0.4, 0.5) is 13.2 Å². The van der Waals surface area contributed by atoms with Crippen LogP contribution in [-0.4, -0.2) is 0 Å². The standard InChI is InChI=1S/C22H24Cl2.C9H9F3/c1-14(2)22(16(4)12-18-7-10-19(23)11-8-18)17(5)21-13-20(24)9-6-15(21)3;1-2-7-3-5-8(6-4-7)9(10,11)12/h6-11,13,16H,1,12H2,2-5H3;3-6H,2H2,1H3/b22-17-;. The number of halogens is 5. The van der Waals surface area contributed by atoms with Gasteiger partial charge in [0, 0.05) is 10.0 Å². The third-order valence-electron chi connectivity index (χ3n) is 6.10. The molecule has 0 heterocycles. The van der Waals surface area contributed by atoms with Crippen LogP contribution in [0.15, 0.2) is 84.5 Å². The molecule has 0 saturated carbocycles. The van der Waals surface area contributed by atoms with Crippen LogP contribution in [0.2, 0.25) is 10.0 Å². The number of alkyl halides is 3. The van der Waals surface area contributed by atoms with Crippen molar-refractivity contribution in [3.8, 4) is 0 Å². The maximum atomic E-state index is 12.0. The van der Waals surface area contributed by atoms with Crippen molar-refractivity contribution in [1.82, 2.24) is 0 Å². The molecule has 0 fully saturated rings. The second-order valence-corrected chi connectivity index (χ2v) is 9.93. The fraction of sp³-hybridized carbons (Fsp3) is 0.290. The second-order valence-electron chi connectivity index (χ2n) is 9.06. The van der Waals surface area contributed by atoms with E-state index in [-0.39, 0.29) is 0 Å². The SMILES string of the molecule is C=C(C)/C(=C(\C)c1cc(Cl)ccc1C)C(C)Cc1ccc(Cl)cc1.CCc1ccc(C(F)(F)F)cc1. The van der Waals surface area contributed by atoms with E-state index in [2.05, 4.69) is 52.5 Å². The van der Waals surface area contributed by atoms with E-state index in [9.17, 15) is 13.2 Å². The monoisotopic (exact) mass is 532 g/mol. The summed E-state index contributed by atoms with van der Waals surface area (Å²) in [7, 11) is 0. The van der Waals surface area contributed by atoms with Crippen LogP contribution in [0.25, 0.3) is 5.57 Å². The lowest BCUT2D eigenvalue weighted by atomic mass is 9.84. The Morgan fingerprint density at radius 3 is 1.89 bits per heavy atom. The van der Waals surface area contributed by atoms with Crippen molar-refractivity contribution in [3.05, 3.63) is 122 Å². The molecular formula is C31H33Cl2F3. The van der Waals surface area contributed by atoms with Gasteiger partial charge in [-0.3, -0.25) is 0 Å². The van der Waals surface area contributed by atoms with Gasteiger partial charge in [0.15, 0.2) is 0 Å². The van der Waals surface area contributed by atoms with Crippen LogP contribution in [0, 0.1) is 12.8 Å². The summed E-state index contributed by atoms with van der Waals surface area (Å²) in [5, 5.41) is 1.54. The Morgan fingerprint density at radius 2 is 1.39 bits per heavy atom. The highest BCUT2D eigenvalue weighted by Crippen LogP contribution is 2.33. The second kappa shape index (κ2) is 13.2. The maximum Gasteiger partial charge on any atom is 0.416 e. The molecular weight excluding hydrogens is 500 g/mol. The lowest BCUT2D eigenvalue weighted by molar-refractivity contribution is -0.137. The fourth-order valence-corrected chi connectivity index (χ4v) is 4.56. The number of allylic oxidation sites excluding steroid dienone is 3. The first kappa shape index (κ1) is 29.7. The van der Waals surface area contributed by atoms with Crippen LogP contribution in [0.1, 0.15) is 55.5 Å². The van der Waals surface area contributed by atoms with Gasteiger partial charge in [-0.15, -0.1) is 0 Å². The third kappa shape index (κ3) is 8.57. The molecule has 1 atom stereocenters. The number of rotatable bonds is 6. The molecule has 0 nitrogen and oxygen atoms in total. The summed E-state index contributed by atoms with van der Waals surface area (Å²) in [4.78, 5) is 0. The highest BCUT2D eigenvalue weighted by molar-refractivity contribution is 6.31. The van der Waals surface area contributed by atoms with Gasteiger partial charge < -0.3 is 0 Å². The first-order chi connectivity index (χ1) is 16.8. The summed E-state index contributed by atoms with van der Waals surface area (Å²) in [6.07, 6.45) is -2.50. The first-order valence-electron chi connectivity index (χ1n) is 11.9. The molecule has 0 saturated heterocycles. The molecule has 0 bridgehead atoms. The predicted octanol–water partition coefficient (Wildman–Crippen LogP) is 10.8. The molecule has 3 aromatic rings. The van der Waals surface area contributed by atoms with Gasteiger partial charge in [0.05, 0.1) is 5.56 Å². The molecule has 3 rings (SSSR count). The number of hydrogen-bond donors (Lipinski definition) is 0. The van der Waals surface area contributed by atoms with Crippen LogP contribution in [0.3, 0.4) is 0 Å². The number of aryl methyl sites for hydroxylation is 2. The van der Waals surface area contributed by atoms with Gasteiger partial charge in [-0.1, -0.05) is 79.5 Å². The zero-order valence-electron chi connectivity index (χ0n) is 21.4. The normalized spacial score (nSPS) is 12.8. The van der Waals surface area contributed by atoms with Gasteiger partial charge in [0.25, 0.3) is 0 Å². The molecule has 0 aliphatic heterocycles. The summed E-state index contributed by atoms with van der Waals surface area (Å²) < 4.78 is 36.1. The van der Waals surface area contributed by atoms with Gasteiger partial charge >= 0.3 is 6.18 Å². The Labute approximate surface area is 223 Å². The average Bonchev–Trinajstić information content (AvgIpc) is 2.81. The van der Waals surface area contributed by atoms with E-state index in [0.29, 0.717) is 5.92 Å². The molecule has 0 spiro atoms. The average molecular weight is 534 g/mol. The van der Waals surface area contributed by atoms with Crippen LogP contribution < -0.4 is 0 Å². The number of hydrogen-bond acceptors (Lipinski definition) is 0. The highest BCUT2D eigenvalue weighted by Gasteiger charge is 2.29. The molecule has 36 heavy (non-hydrogen) atoms. The summed E-state index contributed by atoms with van der Waals surface area (Å²) in [5.74, 6) is 0.363. The van der Waals surface area contributed by atoms with Crippen molar-refractivity contribution < 1.29 is 13.2 Å². The molecule has 5 heteroatoms. The van der Waals surface area contributed by atoms with Gasteiger partial charge in [-0.25, -0.2) is 0 Å². The maximum absolute atomic E-state index is 12.0. The van der Waals surface area contributed by atoms with E-state index in [4.69, 9.17) is 23.2 Å². The Kier molecular flexibility index (Phi) is 10.9. The molecule has 0 aliphatic carbocycles. The molecule has 0 N–H and O–H groups in total. The molecule has 0 amide bonds. The van der Waals surface area contributed by atoms with E-state index in [0.717, 1.165) is 46.2 Å². The van der Waals surface area contributed by atoms with Gasteiger partial charge in [-0.2, -0.15) is 13.2 Å². The summed E-state index contributed by atoms with van der Waals surface area (Å²) in [5.41, 5.74) is 7.70. The minimum atomic E-state index is -4.22. The van der Waals surface area contributed by atoms with E-state index in [1.165, 1.54) is 40.0 Å². The van der Waals surface area contributed by atoms with Crippen molar-refractivity contribution in [3.63, 3.8) is 0 Å². The lowest BCUT2D eigenvalue weighted by Crippen LogP contribution is -2.07. The molecule has 3 aromatic carbocycles. The molecule has 1 unspecified atom stereocenters. The molecule has 0 aromatic heterocycles. The van der Waals surface area contributed by atoms with Crippen molar-refractivity contribution in [2.75, 3.05) is 0 Å². The van der Waals surface area contributed by atoms with Gasteiger partial charge in [0.2, 0.25) is 0 Å². The zero-order valence-corrected chi connectivity index (χ0v) is 23.0. The largest absolute Gasteiger partial charge is 0.416 e. The quantitative estimate of drug-likeness (QED) is 0.277. The fourth-order valence-electron chi connectivity index (χ4n) is 4.26. The molecule has 0 radical (unpaired) electrons. The number of benzene rings is 3. The topological polar surface area (TPSA) is 0 Å². The lowest BCUT2D eigenvalue weighted by Gasteiger charge is -2.21. The Morgan fingerprint density at radius 1 is 0.861 bits per heavy atom. The zero-order chi connectivity index (χ0) is 27.0. The minimum Gasteiger partial charge on any atom is -0.166 e. The van der Waals surface area contributed by atoms with Crippen molar-refractivity contribution in [2.24, 2.45) is 5.92 Å². The Balaban J connectivity index is 0.000000319. The van der Waals surface area contributed by atoms with E-state index < -0.39 is 11.7 Å². The minimum absolute atomic E-state index is 0.363. The Hall–Kier alpha value is -2.49. The van der Waals surface area contributed by atoms with E-state index in [1.54, 1.807) is 0 Å². The molecule has 0 aliphatic rings. The van der Waals surface area contributed by atoms with Gasteiger partial charge in [-0.05, 0) is 109 Å². The third-order valence-corrected chi connectivity index (χ3v) is 6.59.